The van der Waals surface area contributed by atoms with Gasteiger partial charge in [0.15, 0.2) is 0 Å². The van der Waals surface area contributed by atoms with Gasteiger partial charge in [-0.05, 0) is 5.92 Å². The number of aliphatic hydroxyl groups is 1. The second-order valence-corrected chi connectivity index (χ2v) is 1.58. The zero-order valence-electron chi connectivity index (χ0n) is 4.85. The van der Waals surface area contributed by atoms with Gasteiger partial charge in [-0.1, -0.05) is 13.8 Å². The molecule has 0 aliphatic heterocycles. The van der Waals surface area contributed by atoms with Gasteiger partial charge in [-0.25, -0.2) is 0 Å². The fourth-order valence-corrected chi connectivity index (χ4v) is 0. The van der Waals surface area contributed by atoms with Crippen molar-refractivity contribution in [1.29, 1.82) is 0 Å². The van der Waals surface area contributed by atoms with E-state index in [1.54, 1.807) is 0 Å². The fraction of sp³-hybridized carbons (Fsp3) is 1.00. The van der Waals surface area contributed by atoms with E-state index < -0.39 is 0 Å². The molecule has 0 atom stereocenters. The Kier molecular flexibility index (Phi) is 21.8. The van der Waals surface area contributed by atoms with Crippen LogP contribution in [0.4, 0.5) is 0 Å². The summed E-state index contributed by atoms with van der Waals surface area (Å²) in [6.07, 6.45) is 0. The van der Waals surface area contributed by atoms with E-state index in [9.17, 15) is 0 Å². The predicted octanol–water partition coefficient (Wildman–Crippen LogP) is 0.513. The second kappa shape index (κ2) is 9.74. The van der Waals surface area contributed by atoms with E-state index in [0.717, 1.165) is 0 Å². The Morgan fingerprint density at radius 3 is 1.57 bits per heavy atom. The quantitative estimate of drug-likeness (QED) is 0.551. The third-order valence-corrected chi connectivity index (χ3v) is 0.365. The monoisotopic (exact) mass is 154 g/mol. The standard InChI is InChI=1S/C4H10O.O.Zn/c1-4(2)3-5;;/h4-5H,3H2,1-2H3;;/q;-2;+2. The van der Waals surface area contributed by atoms with Gasteiger partial charge in [0.2, 0.25) is 0 Å². The third-order valence-electron chi connectivity index (χ3n) is 0.365. The molecule has 0 spiro atoms. The van der Waals surface area contributed by atoms with Crippen LogP contribution in [0, 0.1) is 5.92 Å². The summed E-state index contributed by atoms with van der Waals surface area (Å²) in [7, 11) is 0. The summed E-state index contributed by atoms with van der Waals surface area (Å²) in [5.41, 5.74) is 0. The van der Waals surface area contributed by atoms with Gasteiger partial charge in [-0.3, -0.25) is 0 Å². The van der Waals surface area contributed by atoms with E-state index in [4.69, 9.17) is 5.11 Å². The Morgan fingerprint density at radius 2 is 1.57 bits per heavy atom. The van der Waals surface area contributed by atoms with Crippen molar-refractivity contribution in [3.63, 3.8) is 0 Å². The Morgan fingerprint density at radius 1 is 1.43 bits per heavy atom. The maximum Gasteiger partial charge on any atom is 2.00 e. The third kappa shape index (κ3) is 20.9. The molecule has 0 unspecified atom stereocenters. The summed E-state index contributed by atoms with van der Waals surface area (Å²) >= 11 is 0. The molecule has 0 bridgehead atoms. The Balaban J connectivity index is -0.0000000800. The van der Waals surface area contributed by atoms with Crippen molar-refractivity contribution >= 4 is 0 Å². The first-order chi connectivity index (χ1) is 2.27. The molecule has 2 nitrogen and oxygen atoms in total. The smallest absolute Gasteiger partial charge is 2.00 e. The van der Waals surface area contributed by atoms with Crippen LogP contribution >= 0.6 is 0 Å². The largest absolute Gasteiger partial charge is 2.00 e. The summed E-state index contributed by atoms with van der Waals surface area (Å²) < 4.78 is 0. The molecule has 1 N–H and O–H groups in total. The molecule has 3 heteroatoms. The van der Waals surface area contributed by atoms with E-state index in [0.29, 0.717) is 12.5 Å². The predicted molar refractivity (Wildman–Crippen MR) is 22.6 cm³/mol. The zero-order valence-corrected chi connectivity index (χ0v) is 7.81. The van der Waals surface area contributed by atoms with Crippen molar-refractivity contribution < 1.29 is 30.1 Å². The maximum absolute atomic E-state index is 8.14. The summed E-state index contributed by atoms with van der Waals surface area (Å²) in [5.74, 6) is 0.440. The van der Waals surface area contributed by atoms with Crippen LogP contribution in [0.1, 0.15) is 13.8 Å². The Hall–Kier alpha value is 0.543. The van der Waals surface area contributed by atoms with Gasteiger partial charge in [-0.15, -0.1) is 0 Å². The average molecular weight is 156 g/mol. The van der Waals surface area contributed by atoms with Crippen molar-refractivity contribution in [2.24, 2.45) is 5.92 Å². The number of rotatable bonds is 1. The molecule has 0 aliphatic carbocycles. The molecule has 40 valence electrons. The van der Waals surface area contributed by atoms with E-state index in [-0.39, 0.29) is 25.0 Å². The molecular formula is C4H10O2Zn. The maximum atomic E-state index is 8.14. The van der Waals surface area contributed by atoms with E-state index in [2.05, 4.69) is 0 Å². The van der Waals surface area contributed by atoms with Gasteiger partial charge in [0.1, 0.15) is 0 Å². The average Bonchev–Trinajstić information content (AvgIpc) is 1.38. The molecule has 7 heavy (non-hydrogen) atoms. The normalized spacial score (nSPS) is 6.86. The van der Waals surface area contributed by atoms with Gasteiger partial charge in [0.25, 0.3) is 0 Å². The van der Waals surface area contributed by atoms with E-state index in [1.165, 1.54) is 0 Å². The molecule has 0 fully saturated rings. The Labute approximate surface area is 57.0 Å². The minimum atomic E-state index is 0. The van der Waals surface area contributed by atoms with Crippen molar-refractivity contribution in [2.45, 2.75) is 13.8 Å². The summed E-state index contributed by atoms with van der Waals surface area (Å²) in [4.78, 5) is 0. The molecule has 0 saturated heterocycles. The minimum Gasteiger partial charge on any atom is -2.00 e. The van der Waals surface area contributed by atoms with Crippen LogP contribution in [-0.2, 0) is 25.0 Å². The van der Waals surface area contributed by atoms with Crippen molar-refractivity contribution in [1.82, 2.24) is 0 Å². The number of hydrogen-bond donors (Lipinski definition) is 1. The van der Waals surface area contributed by atoms with Gasteiger partial charge in [0.05, 0.1) is 0 Å². The first-order valence-corrected chi connectivity index (χ1v) is 1.88. The molecule has 0 amide bonds. The van der Waals surface area contributed by atoms with Crippen LogP contribution in [0.15, 0.2) is 0 Å². The van der Waals surface area contributed by atoms with Crippen LogP contribution in [0.2, 0.25) is 0 Å². The minimum absolute atomic E-state index is 0. The molecule has 0 saturated carbocycles. The first kappa shape index (κ1) is 15.6. The summed E-state index contributed by atoms with van der Waals surface area (Å²) in [5, 5.41) is 8.14. The fourth-order valence-electron chi connectivity index (χ4n) is 0. The zero-order chi connectivity index (χ0) is 4.28. The van der Waals surface area contributed by atoms with Gasteiger partial charge < -0.3 is 10.6 Å². The number of hydrogen-bond acceptors (Lipinski definition) is 1. The molecule has 0 aromatic heterocycles. The summed E-state index contributed by atoms with van der Waals surface area (Å²) in [6, 6.07) is 0. The van der Waals surface area contributed by atoms with Crippen LogP contribution in [-0.4, -0.2) is 11.7 Å². The van der Waals surface area contributed by atoms with E-state index in [1.807, 2.05) is 13.8 Å². The molecule has 0 radical (unpaired) electrons. The molecular weight excluding hydrogens is 145 g/mol. The van der Waals surface area contributed by atoms with Crippen molar-refractivity contribution in [3.8, 4) is 0 Å². The van der Waals surface area contributed by atoms with Crippen LogP contribution in [0.5, 0.6) is 0 Å². The van der Waals surface area contributed by atoms with E-state index >= 15 is 0 Å². The van der Waals surface area contributed by atoms with Crippen LogP contribution in [0.3, 0.4) is 0 Å². The molecule has 0 aromatic rings. The van der Waals surface area contributed by atoms with Crippen molar-refractivity contribution in [3.05, 3.63) is 0 Å². The molecule has 0 rings (SSSR count). The second-order valence-electron chi connectivity index (χ2n) is 1.58. The summed E-state index contributed by atoms with van der Waals surface area (Å²) in [6.45, 7) is 4.25. The topological polar surface area (TPSA) is 48.7 Å². The molecule has 0 heterocycles. The van der Waals surface area contributed by atoms with Gasteiger partial charge >= 0.3 is 19.5 Å². The number of aliphatic hydroxyl groups excluding tert-OH is 1. The first-order valence-electron chi connectivity index (χ1n) is 1.88. The SMILES string of the molecule is CC(C)CO.[O-2].[Zn+2]. The molecule has 0 aromatic carbocycles. The van der Waals surface area contributed by atoms with Crippen molar-refractivity contribution in [2.75, 3.05) is 6.61 Å². The van der Waals surface area contributed by atoms with Gasteiger partial charge in [0, 0.05) is 6.61 Å². The Bertz CT molecular complexity index is 23.7. The van der Waals surface area contributed by atoms with Crippen LogP contribution < -0.4 is 0 Å². The van der Waals surface area contributed by atoms with Crippen LogP contribution in [0.25, 0.3) is 0 Å². The molecule has 0 aliphatic rings. The van der Waals surface area contributed by atoms with Gasteiger partial charge in [-0.2, -0.15) is 0 Å².